The molecule has 1 heteroatoms. The molecular formula is C6H10O. The molecule has 0 radical (unpaired) electrons. The van der Waals surface area contributed by atoms with Crippen LogP contribution in [0.3, 0.4) is 0 Å². The van der Waals surface area contributed by atoms with Crippen LogP contribution in [-0.4, -0.2) is 12.7 Å². The van der Waals surface area contributed by atoms with Gasteiger partial charge in [-0.3, -0.25) is 0 Å². The summed E-state index contributed by atoms with van der Waals surface area (Å²) in [5.41, 5.74) is 0. The lowest BCUT2D eigenvalue weighted by molar-refractivity contribution is 0.141. The Kier molecular flexibility index (Phi) is 0.571. The van der Waals surface area contributed by atoms with Crippen LogP contribution in [0.15, 0.2) is 0 Å². The first-order valence-corrected chi connectivity index (χ1v) is 3.01. The van der Waals surface area contributed by atoms with E-state index >= 15 is 0 Å². The van der Waals surface area contributed by atoms with Crippen molar-refractivity contribution < 1.29 is 4.74 Å². The predicted octanol–water partition coefficient (Wildman–Crippen LogP) is 1.04. The number of ether oxygens (including phenoxy) is 1. The van der Waals surface area contributed by atoms with Crippen molar-refractivity contribution in [1.82, 2.24) is 0 Å². The summed E-state index contributed by atoms with van der Waals surface area (Å²) < 4.78 is 5.34. The van der Waals surface area contributed by atoms with Gasteiger partial charge in [0, 0.05) is 6.61 Å². The highest BCUT2D eigenvalue weighted by Crippen LogP contribution is 2.48. The molecule has 1 heterocycles. The molecule has 3 atom stereocenters. The molecule has 0 aromatic rings. The normalized spacial score (nSPS) is 57.0. The van der Waals surface area contributed by atoms with Crippen LogP contribution >= 0.6 is 0 Å². The zero-order valence-corrected chi connectivity index (χ0v) is 4.55. The minimum absolute atomic E-state index is 0.681. The van der Waals surface area contributed by atoms with Crippen LogP contribution in [0.1, 0.15) is 13.3 Å². The monoisotopic (exact) mass is 98.1 g/mol. The van der Waals surface area contributed by atoms with E-state index in [0.717, 1.165) is 18.4 Å². The van der Waals surface area contributed by atoms with E-state index in [1.807, 2.05) is 0 Å². The average Bonchev–Trinajstić information content (AvgIpc) is 2.26. The summed E-state index contributed by atoms with van der Waals surface area (Å²) in [7, 11) is 0. The minimum atomic E-state index is 0.681. The summed E-state index contributed by atoms with van der Waals surface area (Å²) in [6.07, 6.45) is 2.01. The Hall–Kier alpha value is -0.0400. The summed E-state index contributed by atoms with van der Waals surface area (Å²) in [4.78, 5) is 0. The topological polar surface area (TPSA) is 9.23 Å². The van der Waals surface area contributed by atoms with Gasteiger partial charge in [-0.25, -0.2) is 0 Å². The van der Waals surface area contributed by atoms with Crippen LogP contribution < -0.4 is 0 Å². The molecule has 0 aromatic heterocycles. The van der Waals surface area contributed by atoms with Crippen LogP contribution in [0.5, 0.6) is 0 Å². The summed E-state index contributed by atoms with van der Waals surface area (Å²) in [6, 6.07) is 0. The molecule has 0 N–H and O–H groups in total. The van der Waals surface area contributed by atoms with E-state index in [1.165, 1.54) is 6.42 Å². The highest BCUT2D eigenvalue weighted by molar-refractivity contribution is 4.99. The van der Waals surface area contributed by atoms with Gasteiger partial charge in [0.05, 0.1) is 6.10 Å². The highest BCUT2D eigenvalue weighted by atomic mass is 16.5. The van der Waals surface area contributed by atoms with Gasteiger partial charge in [0.1, 0.15) is 0 Å². The third-order valence-corrected chi connectivity index (χ3v) is 2.24. The Labute approximate surface area is 43.7 Å². The zero-order valence-electron chi connectivity index (χ0n) is 4.55. The van der Waals surface area contributed by atoms with Gasteiger partial charge in [0.15, 0.2) is 0 Å². The molecule has 0 amide bonds. The van der Waals surface area contributed by atoms with Crippen LogP contribution in [-0.2, 0) is 4.74 Å². The second kappa shape index (κ2) is 1.03. The van der Waals surface area contributed by atoms with E-state index in [9.17, 15) is 0 Å². The van der Waals surface area contributed by atoms with Crippen molar-refractivity contribution in [1.29, 1.82) is 0 Å². The zero-order chi connectivity index (χ0) is 4.85. The Balaban J connectivity index is 2.06. The quantitative estimate of drug-likeness (QED) is 0.440. The Morgan fingerprint density at radius 1 is 1.57 bits per heavy atom. The molecule has 0 spiro atoms. The number of rotatable bonds is 0. The molecule has 0 aromatic carbocycles. The molecule has 3 unspecified atom stereocenters. The second-order valence-electron chi connectivity index (χ2n) is 2.65. The first kappa shape index (κ1) is 3.90. The van der Waals surface area contributed by atoms with Crippen molar-refractivity contribution in [2.45, 2.75) is 19.4 Å². The number of hydrogen-bond acceptors (Lipinski definition) is 1. The van der Waals surface area contributed by atoms with Gasteiger partial charge in [-0.15, -0.1) is 0 Å². The van der Waals surface area contributed by atoms with Gasteiger partial charge >= 0.3 is 0 Å². The van der Waals surface area contributed by atoms with E-state index in [1.54, 1.807) is 0 Å². The predicted molar refractivity (Wildman–Crippen MR) is 27.0 cm³/mol. The number of fused-ring (bicyclic) bond motifs is 1. The van der Waals surface area contributed by atoms with Crippen molar-refractivity contribution in [3.05, 3.63) is 0 Å². The fourth-order valence-electron chi connectivity index (χ4n) is 1.55. The Morgan fingerprint density at radius 2 is 2.43 bits per heavy atom. The fraction of sp³-hybridized carbons (Fsp3) is 1.00. The van der Waals surface area contributed by atoms with Gasteiger partial charge < -0.3 is 4.74 Å². The van der Waals surface area contributed by atoms with E-state index < -0.39 is 0 Å². The van der Waals surface area contributed by atoms with Crippen LogP contribution in [0.25, 0.3) is 0 Å². The van der Waals surface area contributed by atoms with Gasteiger partial charge in [-0.05, 0) is 18.3 Å². The molecule has 2 rings (SSSR count). The molecule has 2 fully saturated rings. The van der Waals surface area contributed by atoms with E-state index in [-0.39, 0.29) is 0 Å². The molecule has 0 bridgehead atoms. The second-order valence-corrected chi connectivity index (χ2v) is 2.65. The average molecular weight is 98.1 g/mol. The molecule has 2 aliphatic rings. The maximum atomic E-state index is 5.34. The van der Waals surface area contributed by atoms with Crippen molar-refractivity contribution in [3.63, 3.8) is 0 Å². The molecule has 40 valence electrons. The molecule has 1 saturated carbocycles. The minimum Gasteiger partial charge on any atom is -0.378 e. The molecule has 1 aliphatic carbocycles. The van der Waals surface area contributed by atoms with Gasteiger partial charge in [0.2, 0.25) is 0 Å². The van der Waals surface area contributed by atoms with Crippen molar-refractivity contribution in [2.24, 2.45) is 11.8 Å². The third-order valence-electron chi connectivity index (χ3n) is 2.24. The van der Waals surface area contributed by atoms with Crippen molar-refractivity contribution in [3.8, 4) is 0 Å². The summed E-state index contributed by atoms with van der Waals surface area (Å²) in [5, 5.41) is 0. The SMILES string of the molecule is CC1C2CCOC12. The maximum Gasteiger partial charge on any atom is 0.0636 e. The Morgan fingerprint density at radius 3 is 2.71 bits per heavy atom. The van der Waals surface area contributed by atoms with Crippen molar-refractivity contribution >= 4 is 0 Å². The van der Waals surface area contributed by atoms with Crippen LogP contribution in [0.2, 0.25) is 0 Å². The lowest BCUT2D eigenvalue weighted by Crippen LogP contribution is -1.91. The smallest absolute Gasteiger partial charge is 0.0636 e. The van der Waals surface area contributed by atoms with Crippen LogP contribution in [0.4, 0.5) is 0 Å². The van der Waals surface area contributed by atoms with Gasteiger partial charge in [-0.1, -0.05) is 6.92 Å². The fourth-order valence-corrected chi connectivity index (χ4v) is 1.55. The van der Waals surface area contributed by atoms with E-state index in [2.05, 4.69) is 6.92 Å². The molecule has 7 heavy (non-hydrogen) atoms. The largest absolute Gasteiger partial charge is 0.378 e. The number of hydrogen-bond donors (Lipinski definition) is 0. The van der Waals surface area contributed by atoms with Crippen molar-refractivity contribution in [2.75, 3.05) is 6.61 Å². The highest BCUT2D eigenvalue weighted by Gasteiger charge is 2.50. The Bertz CT molecular complexity index is 80.2. The van der Waals surface area contributed by atoms with Gasteiger partial charge in [0.25, 0.3) is 0 Å². The van der Waals surface area contributed by atoms with Crippen LogP contribution in [0, 0.1) is 11.8 Å². The summed E-state index contributed by atoms with van der Waals surface area (Å²) in [5.74, 6) is 1.86. The molecule has 1 saturated heterocycles. The molecule has 1 nitrogen and oxygen atoms in total. The lowest BCUT2D eigenvalue weighted by Gasteiger charge is -1.92. The first-order valence-electron chi connectivity index (χ1n) is 3.01. The first-order chi connectivity index (χ1) is 3.39. The molecular weight excluding hydrogens is 88.1 g/mol. The van der Waals surface area contributed by atoms with E-state index in [4.69, 9.17) is 4.74 Å². The van der Waals surface area contributed by atoms with Gasteiger partial charge in [-0.2, -0.15) is 0 Å². The van der Waals surface area contributed by atoms with E-state index in [0.29, 0.717) is 6.10 Å². The standard InChI is InChI=1S/C6H10O/c1-4-5-2-3-7-6(4)5/h4-6H,2-3H2,1H3. The summed E-state index contributed by atoms with van der Waals surface area (Å²) in [6.45, 7) is 3.30. The lowest BCUT2D eigenvalue weighted by atomic mass is 10.3. The summed E-state index contributed by atoms with van der Waals surface area (Å²) >= 11 is 0. The maximum absolute atomic E-state index is 5.34. The third kappa shape index (κ3) is 0.367. The molecule has 1 aliphatic heterocycles.